The third kappa shape index (κ3) is 6.65. The van der Waals surface area contributed by atoms with Gasteiger partial charge in [0.15, 0.2) is 0 Å². The van der Waals surface area contributed by atoms with E-state index in [0.29, 0.717) is 13.1 Å². The number of aliphatic carboxylic acids is 1. The van der Waals surface area contributed by atoms with Crippen molar-refractivity contribution < 1.29 is 14.7 Å². The molecule has 18 heavy (non-hydrogen) atoms. The van der Waals surface area contributed by atoms with Gasteiger partial charge in [0.1, 0.15) is 0 Å². The van der Waals surface area contributed by atoms with E-state index in [4.69, 9.17) is 5.11 Å². The second-order valence-electron chi connectivity index (χ2n) is 3.91. The van der Waals surface area contributed by atoms with Crippen molar-refractivity contribution in [3.8, 4) is 0 Å². The highest BCUT2D eigenvalue weighted by atomic mass is 16.4. The van der Waals surface area contributed by atoms with Crippen molar-refractivity contribution in [3.63, 3.8) is 0 Å². The van der Waals surface area contributed by atoms with E-state index in [2.05, 4.69) is 10.6 Å². The molecule has 0 unspecified atom stereocenters. The Hall–Kier alpha value is -1.88. The van der Waals surface area contributed by atoms with Crippen LogP contribution in [0.3, 0.4) is 0 Å². The molecular formula is C13H18N2O3. The number of nitrogens with one attached hydrogen (secondary N) is 2. The fourth-order valence-electron chi connectivity index (χ4n) is 1.45. The van der Waals surface area contributed by atoms with Gasteiger partial charge in [0.25, 0.3) is 0 Å². The minimum absolute atomic E-state index is 0.0251. The van der Waals surface area contributed by atoms with Gasteiger partial charge in [0, 0.05) is 13.1 Å². The molecule has 0 fully saturated rings. The molecular weight excluding hydrogens is 232 g/mol. The Kier molecular flexibility index (Phi) is 6.50. The second kappa shape index (κ2) is 8.25. The molecule has 0 saturated carbocycles. The Morgan fingerprint density at radius 3 is 2.50 bits per heavy atom. The second-order valence-corrected chi connectivity index (χ2v) is 3.91. The van der Waals surface area contributed by atoms with Gasteiger partial charge in [-0.1, -0.05) is 30.3 Å². The lowest BCUT2D eigenvalue weighted by atomic mass is 10.1. The highest BCUT2D eigenvalue weighted by Crippen LogP contribution is 1.97. The first-order chi connectivity index (χ1) is 8.68. The highest BCUT2D eigenvalue weighted by molar-refractivity contribution is 5.78. The van der Waals surface area contributed by atoms with Gasteiger partial charge in [-0.2, -0.15) is 0 Å². The van der Waals surface area contributed by atoms with Crippen LogP contribution in [0, 0.1) is 0 Å². The summed E-state index contributed by atoms with van der Waals surface area (Å²) in [7, 11) is 0. The van der Waals surface area contributed by atoms with Gasteiger partial charge < -0.3 is 15.7 Å². The lowest BCUT2D eigenvalue weighted by molar-refractivity contribution is -0.137. The first-order valence-corrected chi connectivity index (χ1v) is 5.91. The van der Waals surface area contributed by atoms with Crippen LogP contribution in [-0.2, 0) is 16.0 Å². The Morgan fingerprint density at radius 2 is 1.83 bits per heavy atom. The van der Waals surface area contributed by atoms with Crippen molar-refractivity contribution in [2.45, 2.75) is 12.8 Å². The summed E-state index contributed by atoms with van der Waals surface area (Å²) in [6.07, 6.45) is 0.818. The maximum Gasteiger partial charge on any atom is 0.304 e. The zero-order valence-corrected chi connectivity index (χ0v) is 10.2. The number of benzene rings is 1. The molecule has 98 valence electrons. The van der Waals surface area contributed by atoms with E-state index in [9.17, 15) is 9.59 Å². The predicted molar refractivity (Wildman–Crippen MR) is 68.3 cm³/mol. The van der Waals surface area contributed by atoms with E-state index < -0.39 is 5.97 Å². The fraction of sp³-hybridized carbons (Fsp3) is 0.385. The Labute approximate surface area is 106 Å². The van der Waals surface area contributed by atoms with E-state index in [1.807, 2.05) is 30.3 Å². The summed E-state index contributed by atoms with van der Waals surface area (Å²) in [6, 6.07) is 9.90. The molecule has 0 aromatic heterocycles. The topological polar surface area (TPSA) is 78.4 Å². The standard InChI is InChI=1S/C13H18N2O3/c16-12(10-14-8-7-13(17)18)15-9-6-11-4-2-1-3-5-11/h1-5,14H,6-10H2,(H,15,16)(H,17,18). The Bertz CT molecular complexity index is 379. The van der Waals surface area contributed by atoms with Crippen molar-refractivity contribution in [2.24, 2.45) is 0 Å². The summed E-state index contributed by atoms with van der Waals surface area (Å²) in [6.45, 7) is 1.05. The zero-order chi connectivity index (χ0) is 13.2. The summed E-state index contributed by atoms with van der Waals surface area (Å²) in [5.41, 5.74) is 1.18. The number of carboxylic acids is 1. The van der Waals surface area contributed by atoms with Gasteiger partial charge in [-0.25, -0.2) is 0 Å². The van der Waals surface area contributed by atoms with Gasteiger partial charge in [-0.05, 0) is 12.0 Å². The number of hydrogen-bond acceptors (Lipinski definition) is 3. The fourth-order valence-corrected chi connectivity index (χ4v) is 1.45. The smallest absolute Gasteiger partial charge is 0.304 e. The maximum atomic E-state index is 11.4. The third-order valence-corrected chi connectivity index (χ3v) is 2.38. The molecule has 1 amide bonds. The number of hydrogen-bond donors (Lipinski definition) is 3. The van der Waals surface area contributed by atoms with Crippen molar-refractivity contribution in [3.05, 3.63) is 35.9 Å². The molecule has 0 aliphatic carbocycles. The van der Waals surface area contributed by atoms with Crippen LogP contribution in [0.25, 0.3) is 0 Å². The average molecular weight is 250 g/mol. The number of carbonyl (C=O) groups excluding carboxylic acids is 1. The summed E-state index contributed by atoms with van der Waals surface area (Å²) in [4.78, 5) is 21.6. The van der Waals surface area contributed by atoms with E-state index in [1.165, 1.54) is 5.56 Å². The number of rotatable bonds is 8. The molecule has 1 aromatic rings. The lowest BCUT2D eigenvalue weighted by Gasteiger charge is -2.06. The van der Waals surface area contributed by atoms with E-state index in [0.717, 1.165) is 6.42 Å². The normalized spacial score (nSPS) is 10.0. The lowest BCUT2D eigenvalue weighted by Crippen LogP contribution is -2.35. The first kappa shape index (κ1) is 14.2. The van der Waals surface area contributed by atoms with Crippen LogP contribution in [0.15, 0.2) is 30.3 Å². The molecule has 0 heterocycles. The van der Waals surface area contributed by atoms with Crippen LogP contribution >= 0.6 is 0 Å². The molecule has 3 N–H and O–H groups in total. The molecule has 1 rings (SSSR count). The number of carboxylic acid groups (broad SMARTS) is 1. The van der Waals surface area contributed by atoms with Crippen LogP contribution in [0.2, 0.25) is 0 Å². The number of carbonyl (C=O) groups is 2. The maximum absolute atomic E-state index is 11.4. The van der Waals surface area contributed by atoms with Crippen LogP contribution in [0.5, 0.6) is 0 Å². The van der Waals surface area contributed by atoms with Gasteiger partial charge in [0.05, 0.1) is 13.0 Å². The molecule has 1 aromatic carbocycles. The van der Waals surface area contributed by atoms with E-state index >= 15 is 0 Å². The van der Waals surface area contributed by atoms with Crippen molar-refractivity contribution in [2.75, 3.05) is 19.6 Å². The van der Waals surface area contributed by atoms with Gasteiger partial charge in [0.2, 0.25) is 5.91 Å². The quantitative estimate of drug-likeness (QED) is 0.584. The van der Waals surface area contributed by atoms with E-state index in [1.54, 1.807) is 0 Å². The highest BCUT2D eigenvalue weighted by Gasteiger charge is 2.01. The Morgan fingerprint density at radius 1 is 1.11 bits per heavy atom. The van der Waals surface area contributed by atoms with Crippen molar-refractivity contribution in [1.82, 2.24) is 10.6 Å². The minimum atomic E-state index is -0.869. The molecule has 0 bridgehead atoms. The SMILES string of the molecule is O=C(O)CCNCC(=O)NCCc1ccccc1. The molecule has 0 aliphatic rings. The molecule has 0 aliphatic heterocycles. The molecule has 0 spiro atoms. The summed E-state index contributed by atoms with van der Waals surface area (Å²) < 4.78 is 0. The summed E-state index contributed by atoms with van der Waals surface area (Å²) in [5, 5.41) is 13.9. The molecule has 0 atom stereocenters. The van der Waals surface area contributed by atoms with E-state index in [-0.39, 0.29) is 18.9 Å². The van der Waals surface area contributed by atoms with Crippen LogP contribution in [0.1, 0.15) is 12.0 Å². The van der Waals surface area contributed by atoms with Gasteiger partial charge in [-0.3, -0.25) is 9.59 Å². The number of amides is 1. The molecule has 0 radical (unpaired) electrons. The van der Waals surface area contributed by atoms with Crippen molar-refractivity contribution in [1.29, 1.82) is 0 Å². The molecule has 5 nitrogen and oxygen atoms in total. The predicted octanol–water partition coefficient (Wildman–Crippen LogP) is 0.410. The third-order valence-electron chi connectivity index (χ3n) is 2.38. The monoisotopic (exact) mass is 250 g/mol. The van der Waals surface area contributed by atoms with Crippen molar-refractivity contribution >= 4 is 11.9 Å². The van der Waals surface area contributed by atoms with Gasteiger partial charge in [-0.15, -0.1) is 0 Å². The van der Waals surface area contributed by atoms with Gasteiger partial charge >= 0.3 is 5.97 Å². The van der Waals surface area contributed by atoms with Crippen LogP contribution < -0.4 is 10.6 Å². The largest absolute Gasteiger partial charge is 0.481 e. The van der Waals surface area contributed by atoms with Crippen LogP contribution in [0.4, 0.5) is 0 Å². The molecule has 0 saturated heterocycles. The average Bonchev–Trinajstić information content (AvgIpc) is 2.36. The first-order valence-electron chi connectivity index (χ1n) is 5.91. The van der Waals surface area contributed by atoms with Crippen LogP contribution in [-0.4, -0.2) is 36.6 Å². The summed E-state index contributed by atoms with van der Waals surface area (Å²) in [5.74, 6) is -0.983. The molecule has 5 heteroatoms. The Balaban J connectivity index is 2.05. The summed E-state index contributed by atoms with van der Waals surface area (Å²) >= 11 is 0. The minimum Gasteiger partial charge on any atom is -0.481 e. The zero-order valence-electron chi connectivity index (χ0n) is 10.2.